The molecule has 1 aromatic rings. The highest BCUT2D eigenvalue weighted by atomic mass is 32.2. The smallest absolute Gasteiger partial charge is 0.270 e. The molecule has 20 heavy (non-hydrogen) atoms. The summed E-state index contributed by atoms with van der Waals surface area (Å²) in [5.41, 5.74) is 3.90. The van der Waals surface area contributed by atoms with Gasteiger partial charge in [0.2, 0.25) is 10.0 Å². The third-order valence-electron chi connectivity index (χ3n) is 2.51. The van der Waals surface area contributed by atoms with Crippen molar-refractivity contribution in [3.05, 3.63) is 28.3 Å². The fourth-order valence-electron chi connectivity index (χ4n) is 1.66. The molecule has 0 amide bonds. The van der Waals surface area contributed by atoms with E-state index in [1.54, 1.807) is 0 Å². The number of sulfonamides is 1. The molecule has 0 atom stereocenters. The number of anilines is 1. The molecular formula is C11H17N3O5S. The first-order chi connectivity index (χ1) is 8.95. The van der Waals surface area contributed by atoms with E-state index in [0.29, 0.717) is 0 Å². The standard InChI is InChI=1S/C11H17N3O5S/c1-11(2,15)7-13(3)20(18,19)10-6-8(14(16)17)4-5-9(10)12/h4-6,15H,7,12H2,1-3H3. The lowest BCUT2D eigenvalue weighted by Gasteiger charge is -2.25. The second kappa shape index (κ2) is 5.35. The molecule has 0 saturated carbocycles. The van der Waals surface area contributed by atoms with Crippen molar-refractivity contribution in [1.29, 1.82) is 0 Å². The van der Waals surface area contributed by atoms with Gasteiger partial charge < -0.3 is 10.8 Å². The van der Waals surface area contributed by atoms with Crippen molar-refractivity contribution in [2.24, 2.45) is 0 Å². The predicted molar refractivity (Wildman–Crippen MR) is 73.6 cm³/mol. The molecule has 3 N–H and O–H groups in total. The first-order valence-electron chi connectivity index (χ1n) is 5.68. The fourth-order valence-corrected chi connectivity index (χ4v) is 3.12. The zero-order valence-corrected chi connectivity index (χ0v) is 12.2. The van der Waals surface area contributed by atoms with Gasteiger partial charge in [-0.2, -0.15) is 4.31 Å². The Morgan fingerprint density at radius 1 is 1.45 bits per heavy atom. The van der Waals surface area contributed by atoms with Crippen LogP contribution in [0, 0.1) is 10.1 Å². The topological polar surface area (TPSA) is 127 Å². The number of nitro groups is 1. The van der Waals surface area contributed by atoms with Crippen molar-refractivity contribution in [1.82, 2.24) is 4.31 Å². The zero-order chi connectivity index (χ0) is 15.7. The Kier molecular flexibility index (Phi) is 4.37. The highest BCUT2D eigenvalue weighted by molar-refractivity contribution is 7.89. The van der Waals surface area contributed by atoms with E-state index in [4.69, 9.17) is 5.73 Å². The number of nitrogen functional groups attached to an aromatic ring is 1. The Bertz CT molecular complexity index is 621. The minimum Gasteiger partial charge on any atom is -0.398 e. The van der Waals surface area contributed by atoms with Crippen LogP contribution in [0.4, 0.5) is 11.4 Å². The molecule has 0 saturated heterocycles. The van der Waals surface area contributed by atoms with Crippen LogP contribution in [0.1, 0.15) is 13.8 Å². The van der Waals surface area contributed by atoms with Crippen LogP contribution in [0.3, 0.4) is 0 Å². The fraction of sp³-hybridized carbons (Fsp3) is 0.455. The molecule has 0 aliphatic heterocycles. The number of nitrogens with zero attached hydrogens (tertiary/aromatic N) is 2. The molecular weight excluding hydrogens is 286 g/mol. The molecule has 0 bridgehead atoms. The molecule has 0 spiro atoms. The Balaban J connectivity index is 3.28. The number of aliphatic hydroxyl groups is 1. The number of hydrogen-bond acceptors (Lipinski definition) is 6. The summed E-state index contributed by atoms with van der Waals surface area (Å²) in [6, 6.07) is 3.21. The van der Waals surface area contributed by atoms with Crippen molar-refractivity contribution in [3.63, 3.8) is 0 Å². The van der Waals surface area contributed by atoms with Crippen molar-refractivity contribution in [2.45, 2.75) is 24.3 Å². The van der Waals surface area contributed by atoms with E-state index in [9.17, 15) is 23.6 Å². The Labute approximate surface area is 117 Å². The first kappa shape index (κ1) is 16.3. The maximum absolute atomic E-state index is 12.3. The number of nitrogens with two attached hydrogens (primary N) is 1. The number of likely N-dealkylation sites (N-methyl/N-ethyl adjacent to an activating group) is 1. The van der Waals surface area contributed by atoms with Gasteiger partial charge in [0.25, 0.3) is 5.69 Å². The summed E-state index contributed by atoms with van der Waals surface area (Å²) in [5.74, 6) is 0. The van der Waals surface area contributed by atoms with Gasteiger partial charge in [0, 0.05) is 25.7 Å². The maximum Gasteiger partial charge on any atom is 0.270 e. The SMILES string of the molecule is CN(CC(C)(C)O)S(=O)(=O)c1cc([N+](=O)[O-])ccc1N. The second-order valence-corrected chi connectivity index (χ2v) is 7.07. The van der Waals surface area contributed by atoms with Crippen LogP contribution >= 0.6 is 0 Å². The van der Waals surface area contributed by atoms with E-state index < -0.39 is 20.5 Å². The molecule has 8 nitrogen and oxygen atoms in total. The van der Waals surface area contributed by atoms with Gasteiger partial charge in [0.15, 0.2) is 0 Å². The van der Waals surface area contributed by atoms with Gasteiger partial charge in [-0.3, -0.25) is 10.1 Å². The summed E-state index contributed by atoms with van der Waals surface area (Å²) < 4.78 is 25.5. The van der Waals surface area contributed by atoms with E-state index in [2.05, 4.69) is 0 Å². The highest BCUT2D eigenvalue weighted by Gasteiger charge is 2.29. The molecule has 0 heterocycles. The molecule has 0 fully saturated rings. The lowest BCUT2D eigenvalue weighted by molar-refractivity contribution is -0.385. The quantitative estimate of drug-likeness (QED) is 0.465. The molecule has 0 aliphatic carbocycles. The van der Waals surface area contributed by atoms with Gasteiger partial charge in [-0.05, 0) is 19.9 Å². The van der Waals surface area contributed by atoms with Crippen molar-refractivity contribution in [3.8, 4) is 0 Å². The van der Waals surface area contributed by atoms with Crippen LogP contribution in [0.15, 0.2) is 23.1 Å². The number of benzene rings is 1. The summed E-state index contributed by atoms with van der Waals surface area (Å²) in [6.45, 7) is 2.74. The Morgan fingerprint density at radius 2 is 2.00 bits per heavy atom. The first-order valence-corrected chi connectivity index (χ1v) is 7.12. The summed E-state index contributed by atoms with van der Waals surface area (Å²) in [5, 5.41) is 20.4. The summed E-state index contributed by atoms with van der Waals surface area (Å²) >= 11 is 0. The Morgan fingerprint density at radius 3 is 2.45 bits per heavy atom. The van der Waals surface area contributed by atoms with Gasteiger partial charge in [-0.25, -0.2) is 8.42 Å². The normalized spacial score (nSPS) is 12.7. The monoisotopic (exact) mass is 303 g/mol. The van der Waals surface area contributed by atoms with Crippen LogP contribution in [0.5, 0.6) is 0 Å². The van der Waals surface area contributed by atoms with Crippen LogP contribution in [-0.2, 0) is 10.0 Å². The minimum absolute atomic E-state index is 0.0850. The molecule has 0 unspecified atom stereocenters. The summed E-state index contributed by atoms with van der Waals surface area (Å²) in [7, 11) is -2.75. The van der Waals surface area contributed by atoms with Crippen LogP contribution in [0.25, 0.3) is 0 Å². The van der Waals surface area contributed by atoms with Crippen molar-refractivity contribution >= 4 is 21.4 Å². The highest BCUT2D eigenvalue weighted by Crippen LogP contribution is 2.26. The average Bonchev–Trinajstić information content (AvgIpc) is 2.26. The van der Waals surface area contributed by atoms with E-state index in [1.807, 2.05) is 0 Å². The number of non-ortho nitro benzene ring substituents is 1. The van der Waals surface area contributed by atoms with E-state index >= 15 is 0 Å². The molecule has 9 heteroatoms. The third-order valence-corrected chi connectivity index (χ3v) is 4.36. The number of nitro benzene ring substituents is 1. The second-order valence-electron chi connectivity index (χ2n) is 5.05. The number of rotatable bonds is 5. The van der Waals surface area contributed by atoms with Gasteiger partial charge in [0.1, 0.15) is 4.90 Å². The average molecular weight is 303 g/mol. The van der Waals surface area contributed by atoms with Crippen molar-refractivity contribution in [2.75, 3.05) is 19.3 Å². The molecule has 1 rings (SSSR count). The van der Waals surface area contributed by atoms with Gasteiger partial charge in [0.05, 0.1) is 16.2 Å². The molecule has 112 valence electrons. The number of hydrogen-bond donors (Lipinski definition) is 2. The lowest BCUT2D eigenvalue weighted by atomic mass is 10.1. The van der Waals surface area contributed by atoms with Gasteiger partial charge in [-0.1, -0.05) is 0 Å². The van der Waals surface area contributed by atoms with Crippen LogP contribution < -0.4 is 5.73 Å². The molecule has 1 aromatic carbocycles. The van der Waals surface area contributed by atoms with Crippen molar-refractivity contribution < 1.29 is 18.4 Å². The summed E-state index contributed by atoms with van der Waals surface area (Å²) in [6.07, 6.45) is 0. The van der Waals surface area contributed by atoms with E-state index in [-0.39, 0.29) is 22.8 Å². The lowest BCUT2D eigenvalue weighted by Crippen LogP contribution is -2.39. The van der Waals surface area contributed by atoms with E-state index in [1.165, 1.54) is 27.0 Å². The minimum atomic E-state index is -4.01. The molecule has 0 aliphatic rings. The van der Waals surface area contributed by atoms with Gasteiger partial charge >= 0.3 is 0 Å². The van der Waals surface area contributed by atoms with Crippen LogP contribution in [0.2, 0.25) is 0 Å². The van der Waals surface area contributed by atoms with Crippen LogP contribution in [-0.4, -0.2) is 41.9 Å². The summed E-state index contributed by atoms with van der Waals surface area (Å²) in [4.78, 5) is 9.66. The van der Waals surface area contributed by atoms with Gasteiger partial charge in [-0.15, -0.1) is 0 Å². The molecule has 0 aromatic heterocycles. The predicted octanol–water partition coefficient (Wildman–Crippen LogP) is 0.568. The third kappa shape index (κ3) is 3.65. The maximum atomic E-state index is 12.3. The largest absolute Gasteiger partial charge is 0.398 e. The van der Waals surface area contributed by atoms with E-state index in [0.717, 1.165) is 16.4 Å². The zero-order valence-electron chi connectivity index (χ0n) is 11.4. The Hall–Kier alpha value is -1.71. The molecule has 0 radical (unpaired) electrons.